The summed E-state index contributed by atoms with van der Waals surface area (Å²) in [5.74, 6) is 0. The van der Waals surface area contributed by atoms with E-state index < -0.39 is 0 Å². The van der Waals surface area contributed by atoms with E-state index in [4.69, 9.17) is 0 Å². The third kappa shape index (κ3) is 4.41. The third-order valence-corrected chi connectivity index (χ3v) is 2.58. The normalized spacial score (nSPS) is 16.4. The van der Waals surface area contributed by atoms with E-state index in [1.165, 1.54) is 43.4 Å². The number of quaternary nitrogens is 1. The fraction of sp³-hybridized carbons (Fsp3) is 1.00. The second-order valence-corrected chi connectivity index (χ2v) is 3.74. The van der Waals surface area contributed by atoms with Crippen LogP contribution in [0, 0.1) is 0 Å². The highest BCUT2D eigenvalue weighted by Gasteiger charge is 2.15. The van der Waals surface area contributed by atoms with Crippen LogP contribution >= 0.6 is 0 Å². The zero-order chi connectivity index (χ0) is 8.74. The summed E-state index contributed by atoms with van der Waals surface area (Å²) in [6.07, 6.45) is 4.02. The van der Waals surface area contributed by atoms with E-state index in [1.807, 2.05) is 0 Å². The quantitative estimate of drug-likeness (QED) is 0.521. The van der Waals surface area contributed by atoms with Gasteiger partial charge >= 0.3 is 0 Å². The molecule has 11 heavy (non-hydrogen) atoms. The predicted molar refractivity (Wildman–Crippen MR) is 51.7 cm³/mol. The van der Waals surface area contributed by atoms with E-state index in [9.17, 15) is 0 Å². The molecule has 0 aromatic heterocycles. The van der Waals surface area contributed by atoms with Crippen LogP contribution in [0.15, 0.2) is 0 Å². The standard InChI is InChI=1S/C10H24N/c1-5-8-10-11(4,7-3)9-6-2/h5-10H2,1-4H3/q+1. The number of hydrogen-bond acceptors (Lipinski definition) is 0. The molecule has 0 spiro atoms. The van der Waals surface area contributed by atoms with Crippen molar-refractivity contribution in [2.75, 3.05) is 26.7 Å². The van der Waals surface area contributed by atoms with Crippen molar-refractivity contribution in [2.24, 2.45) is 0 Å². The molecule has 0 aromatic carbocycles. The summed E-state index contributed by atoms with van der Waals surface area (Å²) in [6.45, 7) is 10.8. The summed E-state index contributed by atoms with van der Waals surface area (Å²) in [5.41, 5.74) is 0. The fourth-order valence-corrected chi connectivity index (χ4v) is 1.51. The Morgan fingerprint density at radius 2 is 1.55 bits per heavy atom. The van der Waals surface area contributed by atoms with E-state index >= 15 is 0 Å². The summed E-state index contributed by atoms with van der Waals surface area (Å²) in [7, 11) is 2.37. The third-order valence-electron chi connectivity index (χ3n) is 2.58. The first-order valence-electron chi connectivity index (χ1n) is 5.02. The van der Waals surface area contributed by atoms with Crippen molar-refractivity contribution in [1.82, 2.24) is 0 Å². The topological polar surface area (TPSA) is 0 Å². The minimum atomic E-state index is 1.27. The van der Waals surface area contributed by atoms with E-state index in [1.54, 1.807) is 0 Å². The predicted octanol–water partition coefficient (Wildman–Crippen LogP) is 2.66. The molecule has 0 N–H and O–H groups in total. The second kappa shape index (κ2) is 5.59. The van der Waals surface area contributed by atoms with E-state index in [0.717, 1.165) is 0 Å². The molecule has 1 heteroatoms. The molecular formula is C10H24N+. The Labute approximate surface area is 72.0 Å². The first-order valence-corrected chi connectivity index (χ1v) is 5.02. The van der Waals surface area contributed by atoms with Crippen LogP contribution in [-0.2, 0) is 0 Å². The Hall–Kier alpha value is -0.0400. The highest BCUT2D eigenvalue weighted by atomic mass is 15.3. The summed E-state index contributed by atoms with van der Waals surface area (Å²) in [4.78, 5) is 0. The molecule has 0 bridgehead atoms. The molecule has 1 nitrogen and oxygen atoms in total. The Kier molecular flexibility index (Phi) is 5.57. The molecule has 0 radical (unpaired) electrons. The monoisotopic (exact) mass is 158 g/mol. The molecule has 0 fully saturated rings. The van der Waals surface area contributed by atoms with E-state index in [0.29, 0.717) is 0 Å². The number of rotatable bonds is 6. The lowest BCUT2D eigenvalue weighted by Crippen LogP contribution is -2.45. The first-order chi connectivity index (χ1) is 5.18. The van der Waals surface area contributed by atoms with Gasteiger partial charge in [-0.15, -0.1) is 0 Å². The number of hydrogen-bond donors (Lipinski definition) is 0. The molecular weight excluding hydrogens is 134 g/mol. The summed E-state index contributed by atoms with van der Waals surface area (Å²) < 4.78 is 1.27. The lowest BCUT2D eigenvalue weighted by molar-refractivity contribution is -0.908. The van der Waals surface area contributed by atoms with Gasteiger partial charge in [-0.3, -0.25) is 0 Å². The van der Waals surface area contributed by atoms with Gasteiger partial charge in [-0.25, -0.2) is 0 Å². The van der Waals surface area contributed by atoms with Crippen molar-refractivity contribution in [3.8, 4) is 0 Å². The molecule has 0 amide bonds. The van der Waals surface area contributed by atoms with Gasteiger partial charge in [0.15, 0.2) is 0 Å². The average molecular weight is 158 g/mol. The van der Waals surface area contributed by atoms with Gasteiger partial charge in [0.2, 0.25) is 0 Å². The molecule has 0 saturated heterocycles. The Morgan fingerprint density at radius 1 is 0.909 bits per heavy atom. The molecule has 0 aliphatic rings. The maximum absolute atomic E-state index is 2.37. The van der Waals surface area contributed by atoms with Crippen molar-refractivity contribution in [1.29, 1.82) is 0 Å². The molecule has 0 aromatic rings. The van der Waals surface area contributed by atoms with Crippen LogP contribution in [0.25, 0.3) is 0 Å². The SMILES string of the molecule is CCCC[N+](C)(CC)CCC. The van der Waals surface area contributed by atoms with Crippen LogP contribution in [-0.4, -0.2) is 31.2 Å². The van der Waals surface area contributed by atoms with Crippen LogP contribution in [0.5, 0.6) is 0 Å². The van der Waals surface area contributed by atoms with Crippen LogP contribution in [0.1, 0.15) is 40.0 Å². The van der Waals surface area contributed by atoms with Crippen molar-refractivity contribution in [3.63, 3.8) is 0 Å². The summed E-state index contributed by atoms with van der Waals surface area (Å²) in [6, 6.07) is 0. The lowest BCUT2D eigenvalue weighted by atomic mass is 10.2. The smallest absolute Gasteiger partial charge is 0.0784 e. The Morgan fingerprint density at radius 3 is 1.91 bits per heavy atom. The molecule has 0 heterocycles. The maximum atomic E-state index is 2.37. The van der Waals surface area contributed by atoms with Crippen LogP contribution in [0.4, 0.5) is 0 Å². The lowest BCUT2D eigenvalue weighted by Gasteiger charge is -2.33. The first kappa shape index (κ1) is 11.0. The molecule has 0 aliphatic heterocycles. The van der Waals surface area contributed by atoms with E-state index in [2.05, 4.69) is 27.8 Å². The van der Waals surface area contributed by atoms with E-state index in [-0.39, 0.29) is 0 Å². The minimum Gasteiger partial charge on any atom is -0.326 e. The van der Waals surface area contributed by atoms with Crippen molar-refractivity contribution in [2.45, 2.75) is 40.0 Å². The summed E-state index contributed by atoms with van der Waals surface area (Å²) >= 11 is 0. The van der Waals surface area contributed by atoms with Gasteiger partial charge in [-0.1, -0.05) is 20.3 Å². The zero-order valence-corrected chi connectivity index (χ0v) is 8.69. The van der Waals surface area contributed by atoms with Crippen LogP contribution in [0.3, 0.4) is 0 Å². The van der Waals surface area contributed by atoms with Gasteiger partial charge in [-0.05, 0) is 19.8 Å². The van der Waals surface area contributed by atoms with Crippen molar-refractivity contribution < 1.29 is 4.48 Å². The highest BCUT2D eigenvalue weighted by molar-refractivity contribution is 4.37. The zero-order valence-electron chi connectivity index (χ0n) is 8.69. The fourth-order valence-electron chi connectivity index (χ4n) is 1.51. The van der Waals surface area contributed by atoms with Gasteiger partial charge in [0.1, 0.15) is 0 Å². The number of unbranched alkanes of at least 4 members (excludes halogenated alkanes) is 1. The van der Waals surface area contributed by atoms with Gasteiger partial charge in [0.25, 0.3) is 0 Å². The van der Waals surface area contributed by atoms with Gasteiger partial charge < -0.3 is 4.48 Å². The maximum Gasteiger partial charge on any atom is 0.0784 e. The molecule has 1 atom stereocenters. The van der Waals surface area contributed by atoms with Crippen molar-refractivity contribution in [3.05, 3.63) is 0 Å². The molecule has 0 aliphatic carbocycles. The Balaban J connectivity index is 3.68. The highest BCUT2D eigenvalue weighted by Crippen LogP contribution is 2.06. The average Bonchev–Trinajstić information content (AvgIpc) is 2.02. The van der Waals surface area contributed by atoms with Gasteiger partial charge in [0, 0.05) is 0 Å². The van der Waals surface area contributed by atoms with Crippen molar-refractivity contribution >= 4 is 0 Å². The largest absolute Gasteiger partial charge is 0.326 e. The van der Waals surface area contributed by atoms with Gasteiger partial charge in [0.05, 0.1) is 26.7 Å². The van der Waals surface area contributed by atoms with Crippen LogP contribution < -0.4 is 0 Å². The molecule has 0 saturated carbocycles. The number of nitrogens with zero attached hydrogens (tertiary/aromatic N) is 1. The molecule has 0 rings (SSSR count). The molecule has 1 unspecified atom stereocenters. The minimum absolute atomic E-state index is 1.27. The van der Waals surface area contributed by atoms with Crippen LogP contribution in [0.2, 0.25) is 0 Å². The van der Waals surface area contributed by atoms with Gasteiger partial charge in [-0.2, -0.15) is 0 Å². The molecule has 68 valence electrons. The summed E-state index contributed by atoms with van der Waals surface area (Å²) in [5, 5.41) is 0. The Bertz CT molecular complexity index is 90.9. The second-order valence-electron chi connectivity index (χ2n) is 3.74.